The van der Waals surface area contributed by atoms with Gasteiger partial charge in [-0.2, -0.15) is 13.8 Å². The minimum absolute atomic E-state index is 0.0265. The first-order valence-corrected chi connectivity index (χ1v) is 10.0. The van der Waals surface area contributed by atoms with Crippen LogP contribution >= 0.6 is 0 Å². The molecule has 4 amide bonds. The van der Waals surface area contributed by atoms with Gasteiger partial charge in [-0.05, 0) is 55.4 Å². The zero-order valence-electron chi connectivity index (χ0n) is 17.3. The molecule has 1 aromatic carbocycles. The fraction of sp³-hybridized carbons (Fsp3) is 0.429. The summed E-state index contributed by atoms with van der Waals surface area (Å²) in [6.45, 7) is -1.56. The van der Waals surface area contributed by atoms with Crippen LogP contribution < -0.4 is 15.5 Å². The summed E-state index contributed by atoms with van der Waals surface area (Å²) in [5.74, 6) is -1.77. The van der Waals surface area contributed by atoms with Crippen molar-refractivity contribution < 1.29 is 37.4 Å². The van der Waals surface area contributed by atoms with Gasteiger partial charge in [-0.3, -0.25) is 15.0 Å². The van der Waals surface area contributed by atoms with Gasteiger partial charge in [-0.15, -0.1) is 0 Å². The second kappa shape index (κ2) is 9.75. The molecule has 9 nitrogen and oxygen atoms in total. The molecule has 1 aromatic rings. The number of alkyl halides is 2. The summed E-state index contributed by atoms with van der Waals surface area (Å²) >= 11 is 0. The van der Waals surface area contributed by atoms with Crippen molar-refractivity contribution in [2.75, 3.05) is 6.61 Å². The van der Waals surface area contributed by atoms with Crippen molar-refractivity contribution in [1.29, 1.82) is 0 Å². The third kappa shape index (κ3) is 5.59. The molecule has 0 aromatic heterocycles. The van der Waals surface area contributed by atoms with E-state index in [4.69, 9.17) is 4.74 Å². The molecule has 0 bridgehead atoms. The summed E-state index contributed by atoms with van der Waals surface area (Å²) < 4.78 is 33.3. The molecule has 0 unspecified atom stereocenters. The predicted molar refractivity (Wildman–Crippen MR) is 107 cm³/mol. The van der Waals surface area contributed by atoms with E-state index in [2.05, 4.69) is 22.4 Å². The quantitative estimate of drug-likeness (QED) is 0.374. The summed E-state index contributed by atoms with van der Waals surface area (Å²) in [6.07, 6.45) is 4.99. The Morgan fingerprint density at radius 1 is 1.25 bits per heavy atom. The predicted octanol–water partition coefficient (Wildman–Crippen LogP) is 2.38. The Hall–Kier alpha value is -3.50. The standard InChI is InChI=1S/C21H23F2N3O6/c1-13-8-10-21(11-9-13)18(29)26(20(30)24-21)25-16(27)12-31-17(28)7-4-14-2-5-15(6-3-14)32-19(22)23/h2-7,13,19H,8-12H2,1H3,(H,24,30)(H,25,27)/b7-4+. The van der Waals surface area contributed by atoms with E-state index in [9.17, 15) is 28.0 Å². The molecule has 0 radical (unpaired) electrons. The fourth-order valence-corrected chi connectivity index (χ4v) is 3.58. The van der Waals surface area contributed by atoms with E-state index in [0.29, 0.717) is 29.3 Å². The number of esters is 1. The van der Waals surface area contributed by atoms with Gasteiger partial charge in [0, 0.05) is 6.08 Å². The maximum absolute atomic E-state index is 12.7. The number of urea groups is 1. The topological polar surface area (TPSA) is 114 Å². The first-order valence-electron chi connectivity index (χ1n) is 10.0. The van der Waals surface area contributed by atoms with Gasteiger partial charge in [-0.1, -0.05) is 19.1 Å². The Kier molecular flexibility index (Phi) is 7.06. The number of nitrogens with one attached hydrogen (secondary N) is 2. The van der Waals surface area contributed by atoms with Crippen molar-refractivity contribution in [3.05, 3.63) is 35.9 Å². The van der Waals surface area contributed by atoms with E-state index in [-0.39, 0.29) is 5.75 Å². The molecule has 172 valence electrons. The lowest BCUT2D eigenvalue weighted by molar-refractivity contribution is -0.147. The number of hydrogen-bond acceptors (Lipinski definition) is 6. The first-order chi connectivity index (χ1) is 15.2. The molecule has 1 aliphatic heterocycles. The molecule has 1 aliphatic carbocycles. The van der Waals surface area contributed by atoms with E-state index < -0.39 is 42.6 Å². The van der Waals surface area contributed by atoms with Gasteiger partial charge in [0.1, 0.15) is 11.3 Å². The van der Waals surface area contributed by atoms with Crippen molar-refractivity contribution in [2.45, 2.75) is 44.8 Å². The van der Waals surface area contributed by atoms with Crippen molar-refractivity contribution in [2.24, 2.45) is 5.92 Å². The third-order valence-electron chi connectivity index (χ3n) is 5.39. The van der Waals surface area contributed by atoms with Crippen LogP contribution in [0.1, 0.15) is 38.2 Å². The molecule has 1 saturated carbocycles. The van der Waals surface area contributed by atoms with Crippen LogP contribution in [0.25, 0.3) is 6.08 Å². The van der Waals surface area contributed by atoms with Crippen LogP contribution in [0.2, 0.25) is 0 Å². The van der Waals surface area contributed by atoms with E-state index in [1.54, 1.807) is 0 Å². The number of ether oxygens (including phenoxy) is 2. The van der Waals surface area contributed by atoms with E-state index in [0.717, 1.165) is 18.9 Å². The summed E-state index contributed by atoms with van der Waals surface area (Å²) in [5.41, 5.74) is 1.69. The molecular formula is C21H23F2N3O6. The lowest BCUT2D eigenvalue weighted by Crippen LogP contribution is -2.52. The molecule has 1 saturated heterocycles. The van der Waals surface area contributed by atoms with Gasteiger partial charge < -0.3 is 14.8 Å². The molecule has 2 fully saturated rings. The monoisotopic (exact) mass is 451 g/mol. The Morgan fingerprint density at radius 2 is 1.91 bits per heavy atom. The average molecular weight is 451 g/mol. The Labute approximate surface area is 182 Å². The minimum Gasteiger partial charge on any atom is -0.452 e. The summed E-state index contributed by atoms with van der Waals surface area (Å²) in [6, 6.07) is 4.80. The average Bonchev–Trinajstić information content (AvgIpc) is 2.97. The number of carbonyl (C=O) groups is 4. The molecular weight excluding hydrogens is 428 g/mol. The second-order valence-electron chi connectivity index (χ2n) is 7.76. The van der Waals surface area contributed by atoms with Gasteiger partial charge >= 0.3 is 18.6 Å². The SMILES string of the molecule is CC1CCC2(CC1)NC(=O)N(NC(=O)COC(=O)/C=C/c1ccc(OC(F)F)cc1)C2=O. The van der Waals surface area contributed by atoms with Crippen LogP contribution in [0, 0.1) is 5.92 Å². The van der Waals surface area contributed by atoms with Crippen LogP contribution in [-0.2, 0) is 19.1 Å². The highest BCUT2D eigenvalue weighted by atomic mass is 19.3. The molecule has 2 aliphatic rings. The van der Waals surface area contributed by atoms with Crippen LogP contribution in [0.4, 0.5) is 13.6 Å². The Morgan fingerprint density at radius 3 is 2.53 bits per heavy atom. The number of rotatable bonds is 7. The first kappa shape index (κ1) is 23.2. The van der Waals surface area contributed by atoms with E-state index in [1.165, 1.54) is 30.3 Å². The summed E-state index contributed by atoms with van der Waals surface area (Å²) in [4.78, 5) is 48.7. The van der Waals surface area contributed by atoms with Gasteiger partial charge in [0.05, 0.1) is 0 Å². The number of benzene rings is 1. The fourth-order valence-electron chi connectivity index (χ4n) is 3.58. The third-order valence-corrected chi connectivity index (χ3v) is 5.39. The van der Waals surface area contributed by atoms with Crippen LogP contribution in [-0.4, -0.2) is 47.6 Å². The maximum Gasteiger partial charge on any atom is 0.387 e. The van der Waals surface area contributed by atoms with Gasteiger partial charge in [0.2, 0.25) is 0 Å². The molecule has 1 heterocycles. The number of nitrogens with zero attached hydrogens (tertiary/aromatic N) is 1. The molecule has 1 spiro atoms. The maximum atomic E-state index is 12.7. The highest BCUT2D eigenvalue weighted by Crippen LogP contribution is 2.35. The summed E-state index contributed by atoms with van der Waals surface area (Å²) in [5, 5.41) is 3.30. The minimum atomic E-state index is -2.93. The zero-order valence-corrected chi connectivity index (χ0v) is 17.3. The molecule has 3 rings (SSSR count). The van der Waals surface area contributed by atoms with Gasteiger partial charge in [0.25, 0.3) is 11.8 Å². The molecule has 32 heavy (non-hydrogen) atoms. The Balaban J connectivity index is 1.46. The van der Waals surface area contributed by atoms with Crippen LogP contribution in [0.3, 0.4) is 0 Å². The van der Waals surface area contributed by atoms with Crippen molar-refractivity contribution in [3.8, 4) is 5.75 Å². The summed E-state index contributed by atoms with van der Waals surface area (Å²) in [7, 11) is 0. The number of hydrogen-bond donors (Lipinski definition) is 2. The zero-order chi connectivity index (χ0) is 23.3. The highest BCUT2D eigenvalue weighted by Gasteiger charge is 2.52. The molecule has 11 heteroatoms. The number of hydrazine groups is 1. The number of amides is 4. The lowest BCUT2D eigenvalue weighted by atomic mass is 9.77. The molecule has 0 atom stereocenters. The second-order valence-corrected chi connectivity index (χ2v) is 7.76. The van der Waals surface area contributed by atoms with E-state index >= 15 is 0 Å². The smallest absolute Gasteiger partial charge is 0.387 e. The molecule has 2 N–H and O–H groups in total. The Bertz CT molecular complexity index is 911. The van der Waals surface area contributed by atoms with Crippen LogP contribution in [0.15, 0.2) is 30.3 Å². The van der Waals surface area contributed by atoms with E-state index in [1.807, 2.05) is 0 Å². The highest BCUT2D eigenvalue weighted by molar-refractivity contribution is 6.08. The van der Waals surface area contributed by atoms with Crippen molar-refractivity contribution >= 4 is 29.9 Å². The number of imide groups is 1. The van der Waals surface area contributed by atoms with Gasteiger partial charge in [-0.25, -0.2) is 9.59 Å². The van der Waals surface area contributed by atoms with Gasteiger partial charge in [0.15, 0.2) is 6.61 Å². The van der Waals surface area contributed by atoms with Crippen molar-refractivity contribution in [3.63, 3.8) is 0 Å². The number of halogens is 2. The largest absolute Gasteiger partial charge is 0.452 e. The number of carbonyl (C=O) groups excluding carboxylic acids is 4. The van der Waals surface area contributed by atoms with Crippen LogP contribution in [0.5, 0.6) is 5.75 Å². The lowest BCUT2D eigenvalue weighted by Gasteiger charge is -2.33. The normalized spacial score (nSPS) is 23.0. The van der Waals surface area contributed by atoms with Crippen molar-refractivity contribution in [1.82, 2.24) is 15.8 Å².